The number of pyridine rings is 1. The monoisotopic (exact) mass is 431 g/mol. The van der Waals surface area contributed by atoms with E-state index < -0.39 is 6.36 Å². The van der Waals surface area contributed by atoms with E-state index in [4.69, 9.17) is 0 Å². The van der Waals surface area contributed by atoms with Crippen molar-refractivity contribution in [3.8, 4) is 22.6 Å². The third-order valence-electron chi connectivity index (χ3n) is 4.86. The Morgan fingerprint density at radius 2 is 1.84 bits per heavy atom. The van der Waals surface area contributed by atoms with E-state index in [0.29, 0.717) is 28.8 Å². The van der Waals surface area contributed by atoms with Crippen LogP contribution >= 0.6 is 0 Å². The zero-order valence-corrected chi connectivity index (χ0v) is 16.9. The summed E-state index contributed by atoms with van der Waals surface area (Å²) in [5.41, 5.74) is 2.57. The SMILES string of the molecule is CCCn1cc(-c2cn(-c3ccc(OC(F)(F)F)cc3)c(=O)c3c2ncn3CC)cn1. The Morgan fingerprint density at radius 3 is 2.48 bits per heavy atom. The molecule has 0 saturated heterocycles. The second-order valence-corrected chi connectivity index (χ2v) is 6.98. The zero-order valence-electron chi connectivity index (χ0n) is 16.9. The van der Waals surface area contributed by atoms with Crippen LogP contribution in [0.4, 0.5) is 13.2 Å². The van der Waals surface area contributed by atoms with Gasteiger partial charge in [0.2, 0.25) is 0 Å². The van der Waals surface area contributed by atoms with Gasteiger partial charge in [0.15, 0.2) is 0 Å². The summed E-state index contributed by atoms with van der Waals surface area (Å²) in [5, 5.41) is 4.36. The zero-order chi connectivity index (χ0) is 22.2. The molecule has 0 unspecified atom stereocenters. The lowest BCUT2D eigenvalue weighted by Gasteiger charge is -2.12. The summed E-state index contributed by atoms with van der Waals surface area (Å²) in [4.78, 5) is 17.7. The molecule has 0 aliphatic heterocycles. The Balaban J connectivity index is 1.87. The van der Waals surface area contributed by atoms with E-state index in [0.717, 1.165) is 18.5 Å². The van der Waals surface area contributed by atoms with Crippen LogP contribution in [0.1, 0.15) is 20.3 Å². The molecule has 4 aromatic rings. The van der Waals surface area contributed by atoms with E-state index in [-0.39, 0.29) is 11.3 Å². The van der Waals surface area contributed by atoms with Crippen molar-refractivity contribution >= 4 is 11.0 Å². The maximum absolute atomic E-state index is 13.2. The van der Waals surface area contributed by atoms with Crippen molar-refractivity contribution < 1.29 is 17.9 Å². The van der Waals surface area contributed by atoms with Gasteiger partial charge in [-0.1, -0.05) is 6.92 Å². The first-order valence-electron chi connectivity index (χ1n) is 9.80. The van der Waals surface area contributed by atoms with Crippen LogP contribution in [0.2, 0.25) is 0 Å². The number of halogens is 3. The molecule has 3 aromatic heterocycles. The molecule has 3 heterocycles. The van der Waals surface area contributed by atoms with Crippen LogP contribution < -0.4 is 10.3 Å². The molecule has 162 valence electrons. The highest BCUT2D eigenvalue weighted by Crippen LogP contribution is 2.28. The molecule has 7 nitrogen and oxygen atoms in total. The highest BCUT2D eigenvalue weighted by molar-refractivity contribution is 5.91. The van der Waals surface area contributed by atoms with Crippen LogP contribution in [0.5, 0.6) is 5.75 Å². The van der Waals surface area contributed by atoms with E-state index in [1.165, 1.54) is 28.8 Å². The number of hydrogen-bond acceptors (Lipinski definition) is 4. The molecule has 4 rings (SSSR count). The molecule has 0 aliphatic rings. The average Bonchev–Trinajstić information content (AvgIpc) is 3.36. The molecule has 0 N–H and O–H groups in total. The molecule has 31 heavy (non-hydrogen) atoms. The van der Waals surface area contributed by atoms with Crippen LogP contribution in [0, 0.1) is 0 Å². The molecule has 0 amide bonds. The minimum atomic E-state index is -4.78. The van der Waals surface area contributed by atoms with Crippen LogP contribution in [0.3, 0.4) is 0 Å². The number of rotatable bonds is 6. The first-order valence-corrected chi connectivity index (χ1v) is 9.80. The third-order valence-corrected chi connectivity index (χ3v) is 4.86. The minimum Gasteiger partial charge on any atom is -0.406 e. The lowest BCUT2D eigenvalue weighted by atomic mass is 10.1. The van der Waals surface area contributed by atoms with Gasteiger partial charge in [-0.2, -0.15) is 5.10 Å². The van der Waals surface area contributed by atoms with E-state index in [9.17, 15) is 18.0 Å². The van der Waals surface area contributed by atoms with Gasteiger partial charge in [0.25, 0.3) is 5.56 Å². The minimum absolute atomic E-state index is 0.316. The standard InChI is InChI=1S/C21H20F3N5O2/c1-3-9-28-11-14(10-26-28)17-12-29(20(30)19-18(17)25-13-27(19)4-2)15-5-7-16(8-6-15)31-21(22,23)24/h5-8,10-13H,3-4,9H2,1-2H3. The molecule has 10 heteroatoms. The second kappa shape index (κ2) is 7.93. The fraction of sp³-hybridized carbons (Fsp3) is 0.286. The maximum atomic E-state index is 13.2. The smallest absolute Gasteiger partial charge is 0.406 e. The van der Waals surface area contributed by atoms with Gasteiger partial charge >= 0.3 is 6.36 Å². The van der Waals surface area contributed by atoms with Crippen LogP contribution in [-0.2, 0) is 13.1 Å². The number of aromatic nitrogens is 5. The number of alkyl halides is 3. The molecule has 0 radical (unpaired) electrons. The molecule has 0 atom stereocenters. The first-order chi connectivity index (χ1) is 14.8. The molecule has 0 aliphatic carbocycles. The van der Waals surface area contributed by atoms with Crippen molar-refractivity contribution in [3.63, 3.8) is 0 Å². The number of fused-ring (bicyclic) bond motifs is 1. The Kier molecular flexibility index (Phi) is 5.30. The van der Waals surface area contributed by atoms with Crippen molar-refractivity contribution in [3.05, 3.63) is 59.5 Å². The van der Waals surface area contributed by atoms with Gasteiger partial charge < -0.3 is 9.30 Å². The van der Waals surface area contributed by atoms with Gasteiger partial charge in [-0.25, -0.2) is 4.98 Å². The van der Waals surface area contributed by atoms with Crippen LogP contribution in [0.15, 0.2) is 54.0 Å². The largest absolute Gasteiger partial charge is 0.573 e. The highest BCUT2D eigenvalue weighted by atomic mass is 19.4. The lowest BCUT2D eigenvalue weighted by Crippen LogP contribution is -2.21. The van der Waals surface area contributed by atoms with Crippen LogP contribution in [0.25, 0.3) is 27.8 Å². The summed E-state index contributed by atoms with van der Waals surface area (Å²) in [5.74, 6) is -0.356. The number of nitrogens with zero attached hydrogens (tertiary/aromatic N) is 5. The molecule has 1 aromatic carbocycles. The molecule has 0 spiro atoms. The predicted octanol–water partition coefficient (Wildman–Crippen LogP) is 4.38. The van der Waals surface area contributed by atoms with Crippen molar-refractivity contribution in [2.24, 2.45) is 0 Å². The lowest BCUT2D eigenvalue weighted by molar-refractivity contribution is -0.274. The fourth-order valence-corrected chi connectivity index (χ4v) is 3.47. The summed E-state index contributed by atoms with van der Waals surface area (Å²) in [6, 6.07) is 5.17. The van der Waals surface area contributed by atoms with E-state index in [1.807, 2.05) is 17.8 Å². The number of ether oxygens (including phenoxy) is 1. The van der Waals surface area contributed by atoms with Crippen molar-refractivity contribution in [2.75, 3.05) is 0 Å². The van der Waals surface area contributed by atoms with Gasteiger partial charge in [0, 0.05) is 42.3 Å². The molecule has 0 saturated carbocycles. The normalized spacial score (nSPS) is 11.9. The summed E-state index contributed by atoms with van der Waals surface area (Å²) in [6.45, 7) is 5.25. The molecular formula is C21H20F3N5O2. The van der Waals surface area contributed by atoms with Crippen molar-refractivity contribution in [2.45, 2.75) is 39.7 Å². The number of imidazole rings is 1. The molecular weight excluding hydrogens is 411 g/mol. The van der Waals surface area contributed by atoms with Crippen LogP contribution in [-0.4, -0.2) is 30.3 Å². The number of hydrogen-bond donors (Lipinski definition) is 0. The number of aryl methyl sites for hydroxylation is 2. The summed E-state index contributed by atoms with van der Waals surface area (Å²) >= 11 is 0. The second-order valence-electron chi connectivity index (χ2n) is 6.98. The highest BCUT2D eigenvalue weighted by Gasteiger charge is 2.31. The average molecular weight is 431 g/mol. The number of benzene rings is 1. The summed E-state index contributed by atoms with van der Waals surface area (Å²) in [7, 11) is 0. The fourth-order valence-electron chi connectivity index (χ4n) is 3.47. The Bertz CT molecular complexity index is 1270. The molecule has 0 fully saturated rings. The van der Waals surface area contributed by atoms with Gasteiger partial charge in [0.1, 0.15) is 16.8 Å². The summed E-state index contributed by atoms with van der Waals surface area (Å²) in [6.07, 6.45) is 2.99. The van der Waals surface area contributed by atoms with E-state index >= 15 is 0 Å². The quantitative estimate of drug-likeness (QED) is 0.455. The Labute approximate surface area is 175 Å². The van der Waals surface area contributed by atoms with Crippen molar-refractivity contribution in [1.82, 2.24) is 23.9 Å². The van der Waals surface area contributed by atoms with E-state index in [2.05, 4.69) is 21.7 Å². The van der Waals surface area contributed by atoms with Gasteiger partial charge in [-0.05, 0) is 37.6 Å². The van der Waals surface area contributed by atoms with Crippen molar-refractivity contribution in [1.29, 1.82) is 0 Å². The van der Waals surface area contributed by atoms with Gasteiger partial charge in [-0.15, -0.1) is 13.2 Å². The third kappa shape index (κ3) is 4.05. The summed E-state index contributed by atoms with van der Waals surface area (Å²) < 4.78 is 46.2. The Morgan fingerprint density at radius 1 is 1.10 bits per heavy atom. The Hall–Kier alpha value is -3.56. The predicted molar refractivity (Wildman–Crippen MR) is 109 cm³/mol. The first kappa shape index (κ1) is 20.7. The topological polar surface area (TPSA) is 66.9 Å². The van der Waals surface area contributed by atoms with E-state index in [1.54, 1.807) is 23.3 Å². The van der Waals surface area contributed by atoms with Gasteiger partial charge in [-0.3, -0.25) is 14.0 Å². The maximum Gasteiger partial charge on any atom is 0.573 e. The molecule has 0 bridgehead atoms. The van der Waals surface area contributed by atoms with Gasteiger partial charge in [0.05, 0.1) is 12.5 Å².